The van der Waals surface area contributed by atoms with Crippen molar-refractivity contribution in [3.05, 3.63) is 115 Å². The van der Waals surface area contributed by atoms with Crippen LogP contribution < -0.4 is 22.3 Å². The lowest BCUT2D eigenvalue weighted by molar-refractivity contribution is 0.252. The van der Waals surface area contributed by atoms with Crippen molar-refractivity contribution in [3.63, 3.8) is 0 Å². The highest BCUT2D eigenvalue weighted by Crippen LogP contribution is 2.26. The number of amides is 1. The Morgan fingerprint density at radius 3 is 2.45 bits per heavy atom. The molecule has 3 heterocycles. The Kier molecular flexibility index (Phi) is 7.05. The zero-order valence-electron chi connectivity index (χ0n) is 23.5. The fourth-order valence-corrected chi connectivity index (χ4v) is 4.93. The largest absolute Gasteiger partial charge is 0.361 e. The molecule has 6 aromatic rings. The molecule has 0 bridgehead atoms. The molecule has 0 fully saturated rings. The standard InChI is InChI=1S/C30H24N10O4/c1-38(2)16-19-6-3-4-9-22(19)17-10-12-20(13-11-17)32-29(43)39-27(41)25-24(33-30(39)44)23(15-31)37-40(25)21-8-5-7-18(14-21)26-34-28(42)36-35-26/h3-14H,16H2,1-2H3,(H,32,43)(H,33,44)(H2,34,35,36,42). The van der Waals surface area contributed by atoms with Crippen molar-refractivity contribution >= 4 is 22.8 Å². The van der Waals surface area contributed by atoms with Gasteiger partial charge in [-0.2, -0.15) is 19.9 Å². The third kappa shape index (κ3) is 5.10. The van der Waals surface area contributed by atoms with Crippen LogP contribution in [0.15, 0.2) is 87.2 Å². The molecule has 3 aromatic carbocycles. The molecule has 1 amide bonds. The van der Waals surface area contributed by atoms with E-state index >= 15 is 0 Å². The molecule has 0 saturated carbocycles. The summed E-state index contributed by atoms with van der Waals surface area (Å²) in [5.74, 6) is 0.242. The molecule has 218 valence electrons. The zero-order valence-corrected chi connectivity index (χ0v) is 23.5. The Bertz CT molecular complexity index is 2260. The van der Waals surface area contributed by atoms with Gasteiger partial charge in [0.15, 0.2) is 17.0 Å². The van der Waals surface area contributed by atoms with Crippen LogP contribution in [0.3, 0.4) is 0 Å². The summed E-state index contributed by atoms with van der Waals surface area (Å²) in [5.41, 5.74) is 1.16. The monoisotopic (exact) mass is 588 g/mol. The minimum absolute atomic E-state index is 0.120. The molecule has 0 aliphatic rings. The number of anilines is 1. The number of nitrogens with one attached hydrogen (secondary N) is 4. The average molecular weight is 589 g/mol. The molecule has 4 N–H and O–H groups in total. The van der Waals surface area contributed by atoms with E-state index in [1.165, 1.54) is 0 Å². The fraction of sp³-hybridized carbons (Fsp3) is 0.100. The lowest BCUT2D eigenvalue weighted by atomic mass is 9.99. The van der Waals surface area contributed by atoms with Gasteiger partial charge in [0.05, 0.1) is 5.69 Å². The summed E-state index contributed by atoms with van der Waals surface area (Å²) in [7, 11) is 3.98. The highest BCUT2D eigenvalue weighted by atomic mass is 16.2. The fourth-order valence-electron chi connectivity index (χ4n) is 4.93. The topological polar surface area (TPSA) is 190 Å². The molecule has 14 nitrogen and oxygen atoms in total. The van der Waals surface area contributed by atoms with Crippen molar-refractivity contribution in [1.29, 1.82) is 5.26 Å². The Morgan fingerprint density at radius 2 is 1.75 bits per heavy atom. The van der Waals surface area contributed by atoms with Crippen LogP contribution >= 0.6 is 0 Å². The van der Waals surface area contributed by atoms with Gasteiger partial charge in [-0.25, -0.2) is 24.2 Å². The quantitative estimate of drug-likeness (QED) is 0.228. The lowest BCUT2D eigenvalue weighted by Gasteiger charge is -2.15. The minimum Gasteiger partial charge on any atom is -0.307 e. The number of benzene rings is 3. The van der Waals surface area contributed by atoms with Crippen LogP contribution in [0.2, 0.25) is 0 Å². The molecule has 3 aromatic heterocycles. The number of carbonyl (C=O) groups excluding carboxylic acids is 1. The predicted octanol–water partition coefficient (Wildman–Crippen LogP) is 2.63. The van der Waals surface area contributed by atoms with E-state index in [0.717, 1.165) is 27.9 Å². The van der Waals surface area contributed by atoms with Gasteiger partial charge in [0, 0.05) is 17.8 Å². The normalized spacial score (nSPS) is 11.1. The van der Waals surface area contributed by atoms with Crippen LogP contribution in [0.25, 0.3) is 39.2 Å². The maximum Gasteiger partial charge on any atom is 0.361 e. The van der Waals surface area contributed by atoms with E-state index < -0.39 is 23.0 Å². The number of carbonyl (C=O) groups is 1. The van der Waals surface area contributed by atoms with Gasteiger partial charge in [0.25, 0.3) is 5.56 Å². The molecular formula is C30H24N10O4. The van der Waals surface area contributed by atoms with Crippen molar-refractivity contribution in [2.75, 3.05) is 19.4 Å². The Morgan fingerprint density at radius 1 is 0.977 bits per heavy atom. The van der Waals surface area contributed by atoms with Crippen molar-refractivity contribution in [3.8, 4) is 34.3 Å². The molecule has 0 spiro atoms. The van der Waals surface area contributed by atoms with E-state index in [-0.39, 0.29) is 22.6 Å². The van der Waals surface area contributed by atoms with Gasteiger partial charge in [-0.3, -0.25) is 9.89 Å². The first-order chi connectivity index (χ1) is 21.2. The van der Waals surface area contributed by atoms with Gasteiger partial charge in [0.1, 0.15) is 11.6 Å². The summed E-state index contributed by atoms with van der Waals surface area (Å²) >= 11 is 0. The van der Waals surface area contributed by atoms with Gasteiger partial charge >= 0.3 is 17.4 Å². The number of rotatable bonds is 6. The number of nitriles is 1. The Hall–Kier alpha value is -6.33. The third-order valence-electron chi connectivity index (χ3n) is 6.85. The van der Waals surface area contributed by atoms with E-state index in [2.05, 4.69) is 41.5 Å². The van der Waals surface area contributed by atoms with Crippen molar-refractivity contribution < 1.29 is 4.79 Å². The summed E-state index contributed by atoms with van der Waals surface area (Å²) in [6.07, 6.45) is 0. The number of aromatic amines is 3. The molecule has 0 aliphatic heterocycles. The van der Waals surface area contributed by atoms with Gasteiger partial charge in [0.2, 0.25) is 0 Å². The van der Waals surface area contributed by atoms with Crippen molar-refractivity contribution in [2.24, 2.45) is 0 Å². The Labute approximate surface area is 247 Å². The maximum atomic E-state index is 13.7. The number of nitrogens with zero attached hydrogens (tertiary/aromatic N) is 6. The number of hydrogen-bond donors (Lipinski definition) is 4. The van der Waals surface area contributed by atoms with Crippen LogP contribution in [0.4, 0.5) is 10.5 Å². The number of hydrogen-bond acceptors (Lipinski definition) is 8. The molecule has 0 radical (unpaired) electrons. The number of H-pyrrole nitrogens is 3. The molecule has 14 heteroatoms. The number of aromatic nitrogens is 7. The van der Waals surface area contributed by atoms with E-state index in [9.17, 15) is 24.4 Å². The van der Waals surface area contributed by atoms with Crippen LogP contribution in [0.1, 0.15) is 11.3 Å². The second-order valence-electron chi connectivity index (χ2n) is 10.1. The molecule has 0 saturated heterocycles. The van der Waals surface area contributed by atoms with Crippen LogP contribution in [-0.4, -0.2) is 59.5 Å². The van der Waals surface area contributed by atoms with E-state index in [0.29, 0.717) is 21.5 Å². The summed E-state index contributed by atoms with van der Waals surface area (Å²) in [5, 5.41) is 21.5. The summed E-state index contributed by atoms with van der Waals surface area (Å²) in [6, 6.07) is 22.4. The second kappa shape index (κ2) is 11.2. The average Bonchev–Trinajstić information content (AvgIpc) is 3.61. The third-order valence-corrected chi connectivity index (χ3v) is 6.85. The first kappa shape index (κ1) is 27.8. The van der Waals surface area contributed by atoms with Gasteiger partial charge in [-0.1, -0.05) is 48.5 Å². The van der Waals surface area contributed by atoms with Gasteiger partial charge in [-0.15, -0.1) is 0 Å². The highest BCUT2D eigenvalue weighted by molar-refractivity contribution is 5.93. The SMILES string of the molecule is CN(C)Cc1ccccc1-c1ccc(NC(=O)n2c(=O)[nH]c3c(C#N)nn(-c4cccc(-c5nc(=O)[nH][nH]5)c4)c3c2=O)cc1. The van der Waals surface area contributed by atoms with Crippen molar-refractivity contribution in [2.45, 2.75) is 6.54 Å². The lowest BCUT2D eigenvalue weighted by Crippen LogP contribution is -2.42. The summed E-state index contributed by atoms with van der Waals surface area (Å²) in [4.78, 5) is 59.8. The highest BCUT2D eigenvalue weighted by Gasteiger charge is 2.23. The maximum absolute atomic E-state index is 13.7. The zero-order chi connectivity index (χ0) is 31.0. The first-order valence-electron chi connectivity index (χ1n) is 13.3. The second-order valence-corrected chi connectivity index (χ2v) is 10.1. The molecule has 0 atom stereocenters. The molecular weight excluding hydrogens is 564 g/mol. The van der Waals surface area contributed by atoms with Gasteiger partial charge < -0.3 is 15.2 Å². The van der Waals surface area contributed by atoms with E-state index in [4.69, 9.17) is 0 Å². The summed E-state index contributed by atoms with van der Waals surface area (Å²) < 4.78 is 1.57. The summed E-state index contributed by atoms with van der Waals surface area (Å²) in [6.45, 7) is 0.750. The molecule has 0 unspecified atom stereocenters. The van der Waals surface area contributed by atoms with Crippen molar-refractivity contribution in [1.82, 2.24) is 39.4 Å². The first-order valence-corrected chi connectivity index (χ1v) is 13.3. The smallest absolute Gasteiger partial charge is 0.307 e. The van der Waals surface area contributed by atoms with Crippen LogP contribution in [0.5, 0.6) is 0 Å². The molecule has 0 aliphatic carbocycles. The predicted molar refractivity (Wildman–Crippen MR) is 163 cm³/mol. The van der Waals surface area contributed by atoms with E-state index in [1.54, 1.807) is 36.4 Å². The van der Waals surface area contributed by atoms with Gasteiger partial charge in [-0.05, 0) is 55.1 Å². The molecule has 44 heavy (non-hydrogen) atoms. The van der Waals surface area contributed by atoms with Crippen LogP contribution in [0, 0.1) is 11.3 Å². The van der Waals surface area contributed by atoms with E-state index in [1.807, 2.05) is 50.5 Å². The minimum atomic E-state index is -1.03. The molecule has 6 rings (SSSR count). The Balaban J connectivity index is 1.36. The number of fused-ring (bicyclic) bond motifs is 1. The van der Waals surface area contributed by atoms with Crippen LogP contribution in [-0.2, 0) is 6.54 Å².